The second-order valence-corrected chi connectivity index (χ2v) is 8.48. The zero-order valence-corrected chi connectivity index (χ0v) is 15.2. The van der Waals surface area contributed by atoms with E-state index in [1.807, 2.05) is 18.2 Å². The van der Waals surface area contributed by atoms with Gasteiger partial charge in [-0.1, -0.05) is 34.5 Å². The summed E-state index contributed by atoms with van der Waals surface area (Å²) in [6.45, 7) is 2.74. The molecule has 0 saturated carbocycles. The Morgan fingerprint density at radius 2 is 2.21 bits per heavy atom. The molecular formula is C16H16Cl2N4OS. The number of aromatic nitrogens is 1. The quantitative estimate of drug-likeness (QED) is 0.885. The molecule has 1 spiro atoms. The number of halogens is 2. The lowest BCUT2D eigenvalue weighted by atomic mass is 9.81. The van der Waals surface area contributed by atoms with Crippen molar-refractivity contribution in [1.29, 1.82) is 0 Å². The van der Waals surface area contributed by atoms with Gasteiger partial charge in [-0.15, -0.1) is 0 Å². The first-order chi connectivity index (χ1) is 11.5. The molecule has 1 unspecified atom stereocenters. The molecule has 2 aromatic rings. The summed E-state index contributed by atoms with van der Waals surface area (Å²) in [5, 5.41) is 1.61. The molecule has 1 aromatic heterocycles. The van der Waals surface area contributed by atoms with Gasteiger partial charge in [-0.05, 0) is 36.7 Å². The van der Waals surface area contributed by atoms with Crippen LogP contribution in [0.3, 0.4) is 0 Å². The third kappa shape index (κ3) is 2.67. The number of likely N-dealkylation sites (tertiary alicyclic amines) is 1. The number of nitrogens with two attached hydrogens (primary N) is 1. The second-order valence-electron chi connectivity index (χ2n) is 6.40. The minimum atomic E-state index is -0.292. The topological polar surface area (TPSA) is 62.5 Å². The smallest absolute Gasteiger partial charge is 0.231 e. The van der Waals surface area contributed by atoms with E-state index < -0.39 is 0 Å². The number of nitrogens with zero attached hydrogens (tertiary/aromatic N) is 3. The molecule has 4 rings (SSSR count). The summed E-state index contributed by atoms with van der Waals surface area (Å²) in [7, 11) is 0. The second kappa shape index (κ2) is 5.88. The van der Waals surface area contributed by atoms with E-state index in [2.05, 4.69) is 14.8 Å². The van der Waals surface area contributed by atoms with Gasteiger partial charge >= 0.3 is 0 Å². The van der Waals surface area contributed by atoms with Crippen LogP contribution in [0.25, 0.3) is 0 Å². The van der Waals surface area contributed by atoms with Crippen molar-refractivity contribution in [3.05, 3.63) is 39.3 Å². The molecule has 126 valence electrons. The highest BCUT2D eigenvalue weighted by molar-refractivity contribution is 7.19. The van der Waals surface area contributed by atoms with Crippen molar-refractivity contribution in [2.75, 3.05) is 31.1 Å². The summed E-state index contributed by atoms with van der Waals surface area (Å²) < 4.78 is 0.670. The molecule has 0 bridgehead atoms. The first-order valence-electron chi connectivity index (χ1n) is 7.66. The summed E-state index contributed by atoms with van der Waals surface area (Å²) >= 11 is 13.8. The van der Waals surface area contributed by atoms with Crippen LogP contribution in [0, 0.1) is 0 Å². The summed E-state index contributed by atoms with van der Waals surface area (Å²) in [6, 6.07) is 5.98. The Kier molecular flexibility index (Phi) is 3.95. The first-order valence-corrected chi connectivity index (χ1v) is 9.24. The Bertz CT molecular complexity index is 811. The lowest BCUT2D eigenvalue weighted by Crippen LogP contribution is -2.38. The molecule has 3 heterocycles. The van der Waals surface area contributed by atoms with E-state index in [0.717, 1.165) is 41.9 Å². The van der Waals surface area contributed by atoms with Crippen LogP contribution >= 0.6 is 34.5 Å². The Morgan fingerprint density at radius 1 is 1.38 bits per heavy atom. The number of thiazole rings is 1. The van der Waals surface area contributed by atoms with Gasteiger partial charge in [0.1, 0.15) is 4.34 Å². The number of amides is 1. The standard InChI is InChI=1S/C16H16Cl2N4OS/c17-10-1-2-12-11(5-10)16(3-4-21(8-16)7-14(19)23)9-22(12)15-20-6-13(18)24-15/h1-2,5-6H,3-4,7-9H2,(H2,19,23). The minimum Gasteiger partial charge on any atom is -0.369 e. The average molecular weight is 383 g/mol. The lowest BCUT2D eigenvalue weighted by Gasteiger charge is -2.25. The van der Waals surface area contributed by atoms with Crippen LogP contribution in [0.5, 0.6) is 0 Å². The number of primary amides is 1. The molecule has 5 nitrogen and oxygen atoms in total. The van der Waals surface area contributed by atoms with Crippen molar-refractivity contribution in [3.8, 4) is 0 Å². The van der Waals surface area contributed by atoms with Gasteiger partial charge in [0.15, 0.2) is 5.13 Å². The maximum atomic E-state index is 11.3. The fourth-order valence-corrected chi connectivity index (χ4v) is 4.93. The molecule has 1 saturated heterocycles. The molecule has 2 aliphatic rings. The van der Waals surface area contributed by atoms with Gasteiger partial charge in [-0.2, -0.15) is 0 Å². The molecule has 2 aliphatic heterocycles. The molecular weight excluding hydrogens is 367 g/mol. The van der Waals surface area contributed by atoms with Gasteiger partial charge in [0.25, 0.3) is 0 Å². The third-order valence-electron chi connectivity index (χ3n) is 4.79. The number of benzene rings is 1. The largest absolute Gasteiger partial charge is 0.369 e. The van der Waals surface area contributed by atoms with Crippen molar-refractivity contribution in [2.45, 2.75) is 11.8 Å². The Balaban J connectivity index is 1.73. The monoisotopic (exact) mass is 382 g/mol. The summed E-state index contributed by atoms with van der Waals surface area (Å²) in [6.07, 6.45) is 2.64. The maximum absolute atomic E-state index is 11.3. The molecule has 0 radical (unpaired) electrons. The van der Waals surface area contributed by atoms with Crippen molar-refractivity contribution in [2.24, 2.45) is 5.73 Å². The van der Waals surface area contributed by atoms with Crippen molar-refractivity contribution >= 4 is 51.3 Å². The number of carbonyl (C=O) groups is 1. The van der Waals surface area contributed by atoms with E-state index in [1.54, 1.807) is 6.20 Å². The number of anilines is 2. The van der Waals surface area contributed by atoms with E-state index >= 15 is 0 Å². The van der Waals surface area contributed by atoms with Gasteiger partial charge in [0, 0.05) is 29.2 Å². The zero-order valence-electron chi connectivity index (χ0n) is 12.8. The fraction of sp³-hybridized carbons (Fsp3) is 0.375. The van der Waals surface area contributed by atoms with Gasteiger partial charge in [0.05, 0.1) is 12.7 Å². The molecule has 1 aromatic carbocycles. The highest BCUT2D eigenvalue weighted by Gasteiger charge is 2.48. The Hall–Kier alpha value is -1.34. The first kappa shape index (κ1) is 16.1. The molecule has 1 fully saturated rings. The van der Waals surface area contributed by atoms with Gasteiger partial charge in [-0.25, -0.2) is 4.98 Å². The number of fused-ring (bicyclic) bond motifs is 2. The molecule has 1 amide bonds. The molecule has 2 N–H and O–H groups in total. The van der Waals surface area contributed by atoms with Gasteiger partial charge in [0.2, 0.25) is 5.91 Å². The molecule has 0 aliphatic carbocycles. The van der Waals surface area contributed by atoms with E-state index in [-0.39, 0.29) is 11.3 Å². The predicted octanol–water partition coefficient (Wildman–Crippen LogP) is 3.03. The maximum Gasteiger partial charge on any atom is 0.231 e. The number of rotatable bonds is 3. The number of carbonyl (C=O) groups excluding carboxylic acids is 1. The Morgan fingerprint density at radius 3 is 2.92 bits per heavy atom. The van der Waals surface area contributed by atoms with Crippen LogP contribution < -0.4 is 10.6 Å². The summed E-state index contributed by atoms with van der Waals surface area (Å²) in [5.74, 6) is -0.292. The van der Waals surface area contributed by atoms with E-state index in [0.29, 0.717) is 10.9 Å². The molecule has 24 heavy (non-hydrogen) atoms. The van der Waals surface area contributed by atoms with Crippen molar-refractivity contribution in [1.82, 2.24) is 9.88 Å². The highest BCUT2D eigenvalue weighted by Crippen LogP contribution is 2.50. The van der Waals surface area contributed by atoms with Crippen LogP contribution in [-0.2, 0) is 10.2 Å². The van der Waals surface area contributed by atoms with Crippen LogP contribution in [-0.4, -0.2) is 42.0 Å². The normalized spacial score (nSPS) is 23.2. The molecule has 8 heteroatoms. The SMILES string of the molecule is NC(=O)CN1CCC2(C1)CN(c1ncc(Cl)s1)c1ccc(Cl)cc12. The zero-order chi connectivity index (χ0) is 16.9. The minimum absolute atomic E-state index is 0.0617. The Labute approximate surface area is 154 Å². The predicted molar refractivity (Wildman–Crippen MR) is 97.5 cm³/mol. The lowest BCUT2D eigenvalue weighted by molar-refractivity contribution is -0.118. The fourth-order valence-electron chi connectivity index (χ4n) is 3.85. The third-order valence-corrected chi connectivity index (χ3v) is 6.16. The van der Waals surface area contributed by atoms with Crippen molar-refractivity contribution < 1.29 is 4.79 Å². The van der Waals surface area contributed by atoms with Gasteiger partial charge < -0.3 is 10.6 Å². The van der Waals surface area contributed by atoms with Crippen LogP contribution in [0.15, 0.2) is 24.4 Å². The number of hydrogen-bond donors (Lipinski definition) is 1. The summed E-state index contributed by atoms with van der Waals surface area (Å²) in [5.41, 5.74) is 7.64. The van der Waals surface area contributed by atoms with Crippen LogP contribution in [0.1, 0.15) is 12.0 Å². The number of hydrogen-bond acceptors (Lipinski definition) is 5. The summed E-state index contributed by atoms with van der Waals surface area (Å²) in [4.78, 5) is 20.0. The average Bonchev–Trinajstić information content (AvgIpc) is 3.19. The van der Waals surface area contributed by atoms with E-state index in [9.17, 15) is 4.79 Å². The van der Waals surface area contributed by atoms with Gasteiger partial charge in [-0.3, -0.25) is 9.69 Å². The highest BCUT2D eigenvalue weighted by atomic mass is 35.5. The van der Waals surface area contributed by atoms with Crippen LogP contribution in [0.2, 0.25) is 9.36 Å². The molecule has 1 atom stereocenters. The van der Waals surface area contributed by atoms with Crippen LogP contribution in [0.4, 0.5) is 10.8 Å². The van der Waals surface area contributed by atoms with E-state index in [1.165, 1.54) is 16.9 Å². The van der Waals surface area contributed by atoms with E-state index in [4.69, 9.17) is 28.9 Å². The van der Waals surface area contributed by atoms with Crippen molar-refractivity contribution in [3.63, 3.8) is 0 Å².